The van der Waals surface area contributed by atoms with Crippen LogP contribution in [0.2, 0.25) is 0 Å². The third-order valence-corrected chi connectivity index (χ3v) is 6.25. The first kappa shape index (κ1) is 23.7. The third-order valence-electron chi connectivity index (χ3n) is 6.25. The van der Waals surface area contributed by atoms with Gasteiger partial charge in [-0.1, -0.05) is 18.2 Å². The maximum Gasteiger partial charge on any atom is 0.251 e. The van der Waals surface area contributed by atoms with E-state index >= 15 is 0 Å². The number of aromatic nitrogens is 1. The zero-order valence-corrected chi connectivity index (χ0v) is 19.3. The Morgan fingerprint density at radius 1 is 1.12 bits per heavy atom. The van der Waals surface area contributed by atoms with E-state index in [9.17, 15) is 9.59 Å². The molecule has 0 unspecified atom stereocenters. The van der Waals surface area contributed by atoms with E-state index in [1.165, 1.54) is 5.56 Å². The van der Waals surface area contributed by atoms with Crippen LogP contribution in [0.25, 0.3) is 10.9 Å². The number of benzene rings is 2. The van der Waals surface area contributed by atoms with Gasteiger partial charge in [0.25, 0.3) is 5.91 Å². The molecule has 8 heteroatoms. The number of piperidine rings is 1. The summed E-state index contributed by atoms with van der Waals surface area (Å²) in [4.78, 5) is 29.3. The Bertz CT molecular complexity index is 1160. The molecule has 0 saturated carbocycles. The Morgan fingerprint density at radius 2 is 1.85 bits per heavy atom. The van der Waals surface area contributed by atoms with Gasteiger partial charge in [-0.25, -0.2) is 5.48 Å². The number of aryl methyl sites for hydroxylation is 1. The molecule has 1 fully saturated rings. The highest BCUT2D eigenvalue weighted by Gasteiger charge is 2.36. The maximum atomic E-state index is 12.9. The molecule has 0 bridgehead atoms. The predicted molar refractivity (Wildman–Crippen MR) is 129 cm³/mol. The second kappa shape index (κ2) is 10.6. The zero-order chi connectivity index (χ0) is 24.0. The summed E-state index contributed by atoms with van der Waals surface area (Å²) in [7, 11) is 0. The van der Waals surface area contributed by atoms with Crippen LogP contribution in [0.15, 0.2) is 54.6 Å². The van der Waals surface area contributed by atoms with Crippen LogP contribution in [-0.2, 0) is 11.2 Å². The molecule has 34 heavy (non-hydrogen) atoms. The fourth-order valence-corrected chi connectivity index (χ4v) is 4.49. The number of hydroxylamine groups is 1. The number of pyridine rings is 1. The van der Waals surface area contributed by atoms with Gasteiger partial charge >= 0.3 is 0 Å². The molecule has 1 saturated heterocycles. The van der Waals surface area contributed by atoms with E-state index < -0.39 is 11.4 Å². The number of hydrogen-bond donors (Lipinski definition) is 4. The summed E-state index contributed by atoms with van der Waals surface area (Å²) >= 11 is 0. The molecule has 0 radical (unpaired) electrons. The van der Waals surface area contributed by atoms with E-state index in [0.29, 0.717) is 43.9 Å². The molecule has 3 aromatic rings. The number of ether oxygens (including phenoxy) is 1. The van der Waals surface area contributed by atoms with Gasteiger partial charge in [-0.2, -0.15) is 0 Å². The monoisotopic (exact) mass is 462 g/mol. The predicted octanol–water partition coefficient (Wildman–Crippen LogP) is 2.91. The quantitative estimate of drug-likeness (QED) is 0.303. The van der Waals surface area contributed by atoms with Gasteiger partial charge in [-0.15, -0.1) is 0 Å². The fraction of sp³-hybridized carbons (Fsp3) is 0.346. The van der Waals surface area contributed by atoms with Crippen molar-refractivity contribution in [2.24, 2.45) is 0 Å². The second-order valence-corrected chi connectivity index (χ2v) is 8.76. The Kier molecular flexibility index (Phi) is 7.40. The largest absolute Gasteiger partial charge is 0.493 e. The molecule has 1 aromatic heterocycles. The Hall–Kier alpha value is -3.49. The molecule has 2 amide bonds. The van der Waals surface area contributed by atoms with Crippen molar-refractivity contribution in [3.8, 4) is 5.75 Å². The minimum atomic E-state index is -0.685. The zero-order valence-electron chi connectivity index (χ0n) is 19.3. The number of rotatable bonds is 8. The highest BCUT2D eigenvalue weighted by Crippen LogP contribution is 2.24. The van der Waals surface area contributed by atoms with Crippen LogP contribution in [0.5, 0.6) is 5.75 Å². The Labute approximate surface area is 198 Å². The first-order valence-electron chi connectivity index (χ1n) is 11.5. The molecular weight excluding hydrogens is 432 g/mol. The number of nitrogens with zero attached hydrogens (tertiary/aromatic N) is 1. The molecule has 8 nitrogen and oxygen atoms in total. The average molecular weight is 463 g/mol. The van der Waals surface area contributed by atoms with Crippen molar-refractivity contribution in [1.82, 2.24) is 21.1 Å². The summed E-state index contributed by atoms with van der Waals surface area (Å²) in [6.45, 7) is 3.88. The lowest BCUT2D eigenvalue weighted by molar-refractivity contribution is -0.130. The van der Waals surface area contributed by atoms with Crippen LogP contribution >= 0.6 is 0 Å². The van der Waals surface area contributed by atoms with Gasteiger partial charge in [-0.05, 0) is 74.8 Å². The minimum absolute atomic E-state index is 0.0290. The highest BCUT2D eigenvalue weighted by molar-refractivity contribution is 5.95. The van der Waals surface area contributed by atoms with Gasteiger partial charge in [0.15, 0.2) is 0 Å². The number of para-hydroxylation sites is 1. The van der Waals surface area contributed by atoms with Crippen LogP contribution in [0.3, 0.4) is 0 Å². The van der Waals surface area contributed by atoms with Crippen molar-refractivity contribution in [2.45, 2.75) is 38.1 Å². The molecule has 2 aromatic carbocycles. The smallest absolute Gasteiger partial charge is 0.251 e. The van der Waals surface area contributed by atoms with Crippen LogP contribution in [0, 0.1) is 6.92 Å². The molecule has 0 spiro atoms. The fourth-order valence-electron chi connectivity index (χ4n) is 4.49. The SMILES string of the molecule is Cc1cc(CCOc2ccc(C(=O)NC3(CC(=O)NO)CCNCC3)cc2)c2ccccc2n1. The van der Waals surface area contributed by atoms with Crippen molar-refractivity contribution in [3.05, 3.63) is 71.4 Å². The highest BCUT2D eigenvalue weighted by atomic mass is 16.5. The summed E-state index contributed by atoms with van der Waals surface area (Å²) in [5, 5.41) is 16.3. The van der Waals surface area contributed by atoms with E-state index in [0.717, 1.165) is 23.0 Å². The van der Waals surface area contributed by atoms with Gasteiger partial charge in [0.2, 0.25) is 5.91 Å². The van der Waals surface area contributed by atoms with Crippen LogP contribution in [0.1, 0.15) is 40.9 Å². The van der Waals surface area contributed by atoms with Crippen molar-refractivity contribution < 1.29 is 19.5 Å². The molecule has 2 heterocycles. The molecule has 1 aliphatic rings. The van der Waals surface area contributed by atoms with Crippen molar-refractivity contribution in [3.63, 3.8) is 0 Å². The van der Waals surface area contributed by atoms with Crippen molar-refractivity contribution in [1.29, 1.82) is 0 Å². The Morgan fingerprint density at radius 3 is 2.59 bits per heavy atom. The molecule has 178 valence electrons. The van der Waals surface area contributed by atoms with E-state index in [2.05, 4.69) is 27.8 Å². The van der Waals surface area contributed by atoms with E-state index in [4.69, 9.17) is 9.94 Å². The number of nitrogens with one attached hydrogen (secondary N) is 3. The molecule has 4 rings (SSSR count). The van der Waals surface area contributed by atoms with Crippen LogP contribution in [0.4, 0.5) is 0 Å². The van der Waals surface area contributed by atoms with Gasteiger partial charge in [-0.3, -0.25) is 19.8 Å². The van der Waals surface area contributed by atoms with Gasteiger partial charge in [0.05, 0.1) is 24.1 Å². The number of amides is 2. The van der Waals surface area contributed by atoms with Gasteiger partial charge in [0.1, 0.15) is 5.75 Å². The number of hydrogen-bond acceptors (Lipinski definition) is 6. The van der Waals surface area contributed by atoms with Gasteiger partial charge < -0.3 is 15.4 Å². The summed E-state index contributed by atoms with van der Waals surface area (Å²) in [6, 6.07) is 17.2. The maximum absolute atomic E-state index is 12.9. The first-order chi connectivity index (χ1) is 16.5. The average Bonchev–Trinajstić information content (AvgIpc) is 2.84. The number of carbonyl (C=O) groups excluding carboxylic acids is 2. The molecule has 0 atom stereocenters. The lowest BCUT2D eigenvalue weighted by Crippen LogP contribution is -2.56. The Balaban J connectivity index is 1.36. The number of fused-ring (bicyclic) bond motifs is 1. The minimum Gasteiger partial charge on any atom is -0.493 e. The number of carbonyl (C=O) groups is 2. The normalized spacial score (nSPS) is 15.0. The topological polar surface area (TPSA) is 113 Å². The summed E-state index contributed by atoms with van der Waals surface area (Å²) < 4.78 is 5.93. The molecular formula is C26H30N4O4. The van der Waals surface area contributed by atoms with Crippen molar-refractivity contribution >= 4 is 22.7 Å². The standard InChI is InChI=1S/C26H30N4O4/c1-18-16-20(22-4-2-3-5-23(22)28-18)10-15-34-21-8-6-19(7-9-21)25(32)29-26(17-24(31)30-33)11-13-27-14-12-26/h2-9,16,27,33H,10-15,17H2,1H3,(H,29,32)(H,30,31). The van der Waals surface area contributed by atoms with Crippen LogP contribution in [-0.4, -0.2) is 47.2 Å². The summed E-state index contributed by atoms with van der Waals surface area (Å²) in [5.74, 6) is -0.0797. The lowest BCUT2D eigenvalue weighted by Gasteiger charge is -2.37. The third kappa shape index (κ3) is 5.70. The summed E-state index contributed by atoms with van der Waals surface area (Å²) in [5.41, 5.74) is 4.63. The first-order valence-corrected chi connectivity index (χ1v) is 11.5. The summed E-state index contributed by atoms with van der Waals surface area (Å²) in [6.07, 6.45) is 1.99. The molecule has 0 aliphatic carbocycles. The second-order valence-electron chi connectivity index (χ2n) is 8.76. The molecule has 1 aliphatic heterocycles. The molecule has 4 N–H and O–H groups in total. The van der Waals surface area contributed by atoms with Gasteiger partial charge in [0, 0.05) is 23.1 Å². The van der Waals surface area contributed by atoms with E-state index in [1.807, 2.05) is 25.1 Å². The van der Waals surface area contributed by atoms with E-state index in [-0.39, 0.29) is 12.3 Å². The van der Waals surface area contributed by atoms with Crippen LogP contribution < -0.4 is 20.9 Å². The lowest BCUT2D eigenvalue weighted by atomic mass is 9.84. The van der Waals surface area contributed by atoms with Crippen molar-refractivity contribution in [2.75, 3.05) is 19.7 Å². The van der Waals surface area contributed by atoms with E-state index in [1.54, 1.807) is 29.7 Å².